The number of aliphatic hydroxyl groups is 1. The Labute approximate surface area is 113 Å². The normalized spacial score (nSPS) is 20.8. The van der Waals surface area contributed by atoms with E-state index in [0.29, 0.717) is 30.8 Å². The summed E-state index contributed by atoms with van der Waals surface area (Å²) in [7, 11) is 0. The number of nitrogen functional groups attached to an aromatic ring is 1. The first-order chi connectivity index (χ1) is 9.10. The van der Waals surface area contributed by atoms with Gasteiger partial charge in [-0.15, -0.1) is 0 Å². The Kier molecular flexibility index (Phi) is 4.55. The first kappa shape index (κ1) is 14.0. The van der Waals surface area contributed by atoms with E-state index in [2.05, 4.69) is 14.9 Å². The highest BCUT2D eigenvalue weighted by Crippen LogP contribution is 2.25. The molecule has 6 heteroatoms. The van der Waals surface area contributed by atoms with Crippen molar-refractivity contribution < 1.29 is 9.84 Å². The van der Waals surface area contributed by atoms with E-state index in [0.717, 1.165) is 25.3 Å². The molecule has 1 aromatic heterocycles. The van der Waals surface area contributed by atoms with E-state index in [9.17, 15) is 5.11 Å². The first-order valence-corrected chi connectivity index (χ1v) is 6.74. The molecular weight excluding hydrogens is 244 g/mol. The van der Waals surface area contributed by atoms with Crippen molar-refractivity contribution in [3.63, 3.8) is 0 Å². The molecule has 0 radical (unpaired) electrons. The lowest BCUT2D eigenvalue weighted by Gasteiger charge is -2.19. The number of aromatic nitrogens is 2. The molecule has 1 saturated heterocycles. The van der Waals surface area contributed by atoms with E-state index < -0.39 is 0 Å². The van der Waals surface area contributed by atoms with Gasteiger partial charge >= 0.3 is 0 Å². The predicted octanol–water partition coefficient (Wildman–Crippen LogP) is 0.802. The molecule has 0 aromatic carbocycles. The van der Waals surface area contributed by atoms with Gasteiger partial charge < -0.3 is 20.5 Å². The molecule has 0 saturated carbocycles. The Morgan fingerprint density at radius 1 is 1.58 bits per heavy atom. The van der Waals surface area contributed by atoms with Gasteiger partial charge in [-0.1, -0.05) is 0 Å². The van der Waals surface area contributed by atoms with Crippen LogP contribution in [0.15, 0.2) is 6.07 Å². The molecule has 1 aliphatic heterocycles. The SMILES string of the molecule is CCOCc1nc(N)cc(N2CCC(C(C)O)C2)n1. The van der Waals surface area contributed by atoms with Crippen LogP contribution in [0, 0.1) is 5.92 Å². The number of ether oxygens (including phenoxy) is 1. The van der Waals surface area contributed by atoms with E-state index in [1.807, 2.05) is 13.8 Å². The molecule has 1 aromatic rings. The third-order valence-corrected chi connectivity index (χ3v) is 3.44. The van der Waals surface area contributed by atoms with Crippen molar-refractivity contribution >= 4 is 11.6 Å². The molecule has 0 spiro atoms. The van der Waals surface area contributed by atoms with E-state index >= 15 is 0 Å². The van der Waals surface area contributed by atoms with Crippen molar-refractivity contribution in [3.8, 4) is 0 Å². The third kappa shape index (κ3) is 3.54. The molecule has 0 aliphatic carbocycles. The summed E-state index contributed by atoms with van der Waals surface area (Å²) < 4.78 is 5.31. The summed E-state index contributed by atoms with van der Waals surface area (Å²) in [5, 5.41) is 9.64. The van der Waals surface area contributed by atoms with Gasteiger partial charge in [-0.2, -0.15) is 0 Å². The molecule has 2 unspecified atom stereocenters. The van der Waals surface area contributed by atoms with Crippen molar-refractivity contribution in [2.75, 3.05) is 30.3 Å². The minimum Gasteiger partial charge on any atom is -0.393 e. The standard InChI is InChI=1S/C13H22N4O2/c1-3-19-8-12-15-11(14)6-13(16-12)17-5-4-10(7-17)9(2)18/h6,9-10,18H,3-5,7-8H2,1-2H3,(H2,14,15,16). The molecule has 1 aliphatic rings. The monoisotopic (exact) mass is 266 g/mol. The Hall–Kier alpha value is -1.40. The highest BCUT2D eigenvalue weighted by Gasteiger charge is 2.27. The van der Waals surface area contributed by atoms with E-state index in [1.165, 1.54) is 0 Å². The van der Waals surface area contributed by atoms with Crippen LogP contribution < -0.4 is 10.6 Å². The summed E-state index contributed by atoms with van der Waals surface area (Å²) in [6.07, 6.45) is 0.689. The van der Waals surface area contributed by atoms with Crippen molar-refractivity contribution in [3.05, 3.63) is 11.9 Å². The molecule has 19 heavy (non-hydrogen) atoms. The van der Waals surface area contributed by atoms with Gasteiger partial charge in [0.25, 0.3) is 0 Å². The van der Waals surface area contributed by atoms with Crippen LogP contribution in [0.5, 0.6) is 0 Å². The summed E-state index contributed by atoms with van der Waals surface area (Å²) in [5.74, 6) is 2.19. The number of nitrogens with zero attached hydrogens (tertiary/aromatic N) is 3. The lowest BCUT2D eigenvalue weighted by atomic mass is 10.0. The van der Waals surface area contributed by atoms with Gasteiger partial charge in [-0.3, -0.25) is 0 Å². The maximum Gasteiger partial charge on any atom is 0.158 e. The molecule has 106 valence electrons. The number of rotatable bonds is 5. The zero-order valence-corrected chi connectivity index (χ0v) is 11.5. The Bertz CT molecular complexity index is 425. The van der Waals surface area contributed by atoms with Crippen molar-refractivity contribution in [2.24, 2.45) is 5.92 Å². The van der Waals surface area contributed by atoms with Crippen LogP contribution in [-0.4, -0.2) is 40.9 Å². The molecular formula is C13H22N4O2. The van der Waals surface area contributed by atoms with Crippen LogP contribution in [0.4, 0.5) is 11.6 Å². The minimum atomic E-state index is -0.285. The molecule has 2 atom stereocenters. The van der Waals surface area contributed by atoms with E-state index in [4.69, 9.17) is 10.5 Å². The average molecular weight is 266 g/mol. The van der Waals surface area contributed by atoms with Gasteiger partial charge in [0.1, 0.15) is 18.2 Å². The fourth-order valence-corrected chi connectivity index (χ4v) is 2.31. The quantitative estimate of drug-likeness (QED) is 0.820. The van der Waals surface area contributed by atoms with Crippen molar-refractivity contribution in [2.45, 2.75) is 33.0 Å². The maximum atomic E-state index is 9.64. The summed E-state index contributed by atoms with van der Waals surface area (Å²) in [6.45, 7) is 6.47. The Balaban J connectivity index is 2.09. The van der Waals surface area contributed by atoms with Gasteiger partial charge in [0.05, 0.1) is 6.10 Å². The third-order valence-electron chi connectivity index (χ3n) is 3.44. The van der Waals surface area contributed by atoms with Gasteiger partial charge in [0.2, 0.25) is 0 Å². The van der Waals surface area contributed by atoms with Gasteiger partial charge in [0.15, 0.2) is 5.82 Å². The van der Waals surface area contributed by atoms with Crippen LogP contribution in [0.25, 0.3) is 0 Å². The molecule has 1 fully saturated rings. The number of hydrogen-bond acceptors (Lipinski definition) is 6. The minimum absolute atomic E-state index is 0.285. The van der Waals surface area contributed by atoms with Crippen LogP contribution >= 0.6 is 0 Å². The maximum absolute atomic E-state index is 9.64. The predicted molar refractivity (Wildman–Crippen MR) is 73.8 cm³/mol. The zero-order valence-electron chi connectivity index (χ0n) is 11.5. The smallest absolute Gasteiger partial charge is 0.158 e. The molecule has 6 nitrogen and oxygen atoms in total. The molecule has 0 amide bonds. The lowest BCUT2D eigenvalue weighted by molar-refractivity contribution is 0.128. The second-order valence-corrected chi connectivity index (χ2v) is 4.94. The molecule has 3 N–H and O–H groups in total. The topological polar surface area (TPSA) is 84.5 Å². The van der Waals surface area contributed by atoms with Crippen molar-refractivity contribution in [1.29, 1.82) is 0 Å². The van der Waals surface area contributed by atoms with Crippen molar-refractivity contribution in [1.82, 2.24) is 9.97 Å². The van der Waals surface area contributed by atoms with Gasteiger partial charge in [-0.25, -0.2) is 9.97 Å². The first-order valence-electron chi connectivity index (χ1n) is 6.74. The zero-order chi connectivity index (χ0) is 13.8. The van der Waals surface area contributed by atoms with Crippen LogP contribution in [-0.2, 0) is 11.3 Å². The molecule has 2 heterocycles. The van der Waals surface area contributed by atoms with Crippen LogP contribution in [0.1, 0.15) is 26.1 Å². The van der Waals surface area contributed by atoms with Gasteiger partial charge in [0, 0.05) is 31.7 Å². The highest BCUT2D eigenvalue weighted by atomic mass is 16.5. The van der Waals surface area contributed by atoms with Gasteiger partial charge in [-0.05, 0) is 20.3 Å². The number of aliphatic hydroxyl groups excluding tert-OH is 1. The Morgan fingerprint density at radius 2 is 2.37 bits per heavy atom. The molecule has 0 bridgehead atoms. The van der Waals surface area contributed by atoms with E-state index in [-0.39, 0.29) is 6.10 Å². The van der Waals surface area contributed by atoms with Crippen LogP contribution in [0.3, 0.4) is 0 Å². The van der Waals surface area contributed by atoms with Crippen LogP contribution in [0.2, 0.25) is 0 Å². The molecule has 2 rings (SSSR count). The summed E-state index contributed by atoms with van der Waals surface area (Å²) >= 11 is 0. The number of hydrogen-bond donors (Lipinski definition) is 2. The second-order valence-electron chi connectivity index (χ2n) is 4.94. The fourth-order valence-electron chi connectivity index (χ4n) is 2.31. The summed E-state index contributed by atoms with van der Waals surface area (Å²) in [4.78, 5) is 10.8. The number of nitrogens with two attached hydrogens (primary N) is 1. The largest absolute Gasteiger partial charge is 0.393 e. The summed E-state index contributed by atoms with van der Waals surface area (Å²) in [6, 6.07) is 1.78. The lowest BCUT2D eigenvalue weighted by Crippen LogP contribution is -2.25. The van der Waals surface area contributed by atoms with E-state index in [1.54, 1.807) is 6.07 Å². The Morgan fingerprint density at radius 3 is 3.00 bits per heavy atom. The number of anilines is 2. The second kappa shape index (κ2) is 6.16. The average Bonchev–Trinajstić information content (AvgIpc) is 2.85. The summed E-state index contributed by atoms with van der Waals surface area (Å²) in [5.41, 5.74) is 5.81. The highest BCUT2D eigenvalue weighted by molar-refractivity contribution is 5.47. The fraction of sp³-hybridized carbons (Fsp3) is 0.692.